The molecule has 0 aromatic carbocycles. The van der Waals surface area contributed by atoms with E-state index in [0.717, 1.165) is 0 Å². The van der Waals surface area contributed by atoms with Crippen molar-refractivity contribution in [1.82, 2.24) is 25.8 Å². The van der Waals surface area contributed by atoms with Crippen LogP contribution in [0.1, 0.15) is 38.5 Å². The molecule has 0 heterocycles. The van der Waals surface area contributed by atoms with Crippen LogP contribution in [0.2, 0.25) is 0 Å². The molecule has 0 saturated carbocycles. The summed E-state index contributed by atoms with van der Waals surface area (Å²) in [4.78, 5) is 72.8. The highest BCUT2D eigenvalue weighted by atomic mass is 16.5. The molecule has 0 saturated heterocycles. The molecule has 0 spiro atoms. The number of rotatable bonds is 21. The Bertz CT molecular complexity index is 775. The van der Waals surface area contributed by atoms with Crippen molar-refractivity contribution in [2.45, 2.75) is 38.5 Å². The van der Waals surface area contributed by atoms with Crippen LogP contribution in [-0.2, 0) is 47.7 Å². The molecule has 0 aliphatic carbocycles. The second kappa shape index (κ2) is 22.1. The fraction of sp³-hybridized carbons (Fsp3) is 0.680. The van der Waals surface area contributed by atoms with Crippen molar-refractivity contribution in [2.75, 3.05) is 74.3 Å². The van der Waals surface area contributed by atoms with Crippen molar-refractivity contribution < 1.29 is 47.7 Å². The lowest BCUT2D eigenvalue weighted by molar-refractivity contribution is -0.143. The number of nitrogens with one attached hydrogen (secondary N) is 2. The first-order valence-electron chi connectivity index (χ1n) is 12.6. The third-order valence-corrected chi connectivity index (χ3v) is 5.44. The number of amides is 2. The van der Waals surface area contributed by atoms with Crippen molar-refractivity contribution in [2.24, 2.45) is 0 Å². The monoisotopic (exact) mass is 571 g/mol. The highest BCUT2D eigenvalue weighted by Crippen LogP contribution is 2.00. The zero-order valence-corrected chi connectivity index (χ0v) is 23.7. The van der Waals surface area contributed by atoms with Crippen LogP contribution < -0.4 is 10.9 Å². The fourth-order valence-electron chi connectivity index (χ4n) is 3.14. The quantitative estimate of drug-likeness (QED) is 0.0715. The van der Waals surface area contributed by atoms with Gasteiger partial charge in [-0.1, -0.05) is 5.92 Å². The maximum Gasteiger partial charge on any atom is 0.306 e. The number of nitrogens with zero attached hydrogens (tertiary/aromatic N) is 3. The van der Waals surface area contributed by atoms with Crippen LogP contribution in [0.3, 0.4) is 0 Å². The Balaban J connectivity index is 4.89. The van der Waals surface area contributed by atoms with Crippen LogP contribution in [0.15, 0.2) is 0 Å². The third-order valence-electron chi connectivity index (χ3n) is 5.44. The van der Waals surface area contributed by atoms with Gasteiger partial charge in [0.1, 0.15) is 0 Å². The van der Waals surface area contributed by atoms with Crippen LogP contribution in [0.4, 0.5) is 0 Å². The first-order valence-corrected chi connectivity index (χ1v) is 12.6. The summed E-state index contributed by atoms with van der Waals surface area (Å²) in [5, 5.41) is 2.87. The van der Waals surface area contributed by atoms with Gasteiger partial charge in [-0.3, -0.25) is 44.5 Å². The highest BCUT2D eigenvalue weighted by molar-refractivity contribution is 5.77. The van der Waals surface area contributed by atoms with Gasteiger partial charge in [-0.2, -0.15) is 0 Å². The molecule has 2 amide bonds. The van der Waals surface area contributed by atoms with E-state index in [1.807, 2.05) is 0 Å². The van der Waals surface area contributed by atoms with Gasteiger partial charge in [0.25, 0.3) is 0 Å². The van der Waals surface area contributed by atoms with E-state index < -0.39 is 23.9 Å². The Labute approximate surface area is 234 Å². The number of carbonyl (C=O) groups is 6. The lowest BCUT2D eigenvalue weighted by Gasteiger charge is -2.25. The number of terminal acetylenes is 1. The summed E-state index contributed by atoms with van der Waals surface area (Å²) >= 11 is 0. The zero-order valence-electron chi connectivity index (χ0n) is 23.7. The van der Waals surface area contributed by atoms with E-state index in [9.17, 15) is 28.8 Å². The maximum absolute atomic E-state index is 12.6. The van der Waals surface area contributed by atoms with Gasteiger partial charge in [0.15, 0.2) is 0 Å². The van der Waals surface area contributed by atoms with E-state index >= 15 is 0 Å². The molecule has 0 rings (SSSR count). The first kappa shape index (κ1) is 36.3. The number of methoxy groups -OCH3 is 4. The molecule has 15 nitrogen and oxygen atoms in total. The van der Waals surface area contributed by atoms with E-state index in [1.165, 1.54) is 38.5 Å². The molecule has 0 aromatic heterocycles. The molecule has 0 aliphatic heterocycles. The summed E-state index contributed by atoms with van der Waals surface area (Å²) < 4.78 is 18.5. The number of ether oxygens (including phenoxy) is 4. The predicted octanol–water partition coefficient (Wildman–Crippen LogP) is -1.38. The lowest BCUT2D eigenvalue weighted by atomic mass is 10.3. The smallest absolute Gasteiger partial charge is 0.306 e. The highest BCUT2D eigenvalue weighted by Gasteiger charge is 2.17. The SMILES string of the molecule is C#CCN(CCC(=O)NN(CCC(=O)OC)CCC(=O)OC)CCC(=O)NN(CCC(=O)OC)CCC(=O)OC. The largest absolute Gasteiger partial charge is 0.469 e. The standard InChI is InChI=1S/C25H41N5O10/c1-6-13-28(14-7-20(31)26-29(16-9-22(33)37-2)17-10-23(34)38-3)15-8-21(32)27-30(18-11-24(35)39-4)19-12-25(36)40-5/h1H,7-19H2,2-5H3,(H,26,31)(H,27,32). The molecule has 0 atom stereocenters. The molecule has 15 heteroatoms. The van der Waals surface area contributed by atoms with Gasteiger partial charge in [0.05, 0.1) is 60.7 Å². The Hall–Kier alpha value is -3.74. The van der Waals surface area contributed by atoms with E-state index in [1.54, 1.807) is 4.90 Å². The second-order valence-electron chi connectivity index (χ2n) is 8.33. The minimum atomic E-state index is -0.468. The van der Waals surface area contributed by atoms with E-state index in [4.69, 9.17) is 6.42 Å². The third kappa shape index (κ3) is 18.5. The van der Waals surface area contributed by atoms with Crippen molar-refractivity contribution >= 4 is 35.7 Å². The van der Waals surface area contributed by atoms with Crippen LogP contribution in [0.5, 0.6) is 0 Å². The number of carbonyl (C=O) groups excluding carboxylic acids is 6. The molecule has 0 aliphatic rings. The molecule has 0 bridgehead atoms. The van der Waals surface area contributed by atoms with Crippen LogP contribution >= 0.6 is 0 Å². The number of esters is 4. The number of hydrogen-bond acceptors (Lipinski definition) is 13. The zero-order chi connectivity index (χ0) is 30.3. The molecule has 2 N–H and O–H groups in total. The Morgan fingerprint density at radius 3 is 1.10 bits per heavy atom. The minimum Gasteiger partial charge on any atom is -0.469 e. The number of hydrazine groups is 2. The van der Waals surface area contributed by atoms with E-state index in [2.05, 4.69) is 35.7 Å². The summed E-state index contributed by atoms with van der Waals surface area (Å²) in [7, 11) is 5.01. The van der Waals surface area contributed by atoms with Crippen LogP contribution in [0, 0.1) is 12.3 Å². The Kier molecular flexibility index (Phi) is 20.0. The normalized spacial score (nSPS) is 10.6. The van der Waals surface area contributed by atoms with E-state index in [0.29, 0.717) is 0 Å². The molecule has 226 valence electrons. The van der Waals surface area contributed by atoms with Gasteiger partial charge in [-0.15, -0.1) is 6.42 Å². The van der Waals surface area contributed by atoms with Gasteiger partial charge in [-0.05, 0) is 0 Å². The fourth-order valence-corrected chi connectivity index (χ4v) is 3.14. The first-order chi connectivity index (χ1) is 19.1. The Morgan fingerprint density at radius 2 is 0.850 bits per heavy atom. The van der Waals surface area contributed by atoms with E-state index in [-0.39, 0.29) is 96.2 Å². The molecule has 0 aromatic rings. The van der Waals surface area contributed by atoms with Crippen molar-refractivity contribution in [3.05, 3.63) is 0 Å². The minimum absolute atomic E-state index is 0.00651. The van der Waals surface area contributed by atoms with Crippen LogP contribution in [-0.4, -0.2) is 125 Å². The topological polar surface area (TPSA) is 173 Å². The molecule has 0 radical (unpaired) electrons. The van der Waals surface area contributed by atoms with Gasteiger partial charge in [-0.25, -0.2) is 10.0 Å². The molecular weight excluding hydrogens is 530 g/mol. The molecule has 0 fully saturated rings. The van der Waals surface area contributed by atoms with Gasteiger partial charge in [0.2, 0.25) is 11.8 Å². The second-order valence-corrected chi connectivity index (χ2v) is 8.33. The Morgan fingerprint density at radius 1 is 0.550 bits per heavy atom. The van der Waals surface area contributed by atoms with Gasteiger partial charge in [0, 0.05) is 52.1 Å². The lowest BCUT2D eigenvalue weighted by Crippen LogP contribution is -2.46. The van der Waals surface area contributed by atoms with Gasteiger partial charge < -0.3 is 18.9 Å². The summed E-state index contributed by atoms with van der Waals surface area (Å²) in [6.45, 7) is 1.18. The van der Waals surface area contributed by atoms with Crippen molar-refractivity contribution in [3.8, 4) is 12.3 Å². The van der Waals surface area contributed by atoms with Gasteiger partial charge >= 0.3 is 23.9 Å². The number of hydrogen-bond donors (Lipinski definition) is 2. The van der Waals surface area contributed by atoms with Crippen molar-refractivity contribution in [1.29, 1.82) is 0 Å². The average molecular weight is 572 g/mol. The van der Waals surface area contributed by atoms with Crippen LogP contribution in [0.25, 0.3) is 0 Å². The molecule has 0 unspecified atom stereocenters. The predicted molar refractivity (Wildman–Crippen MR) is 140 cm³/mol. The maximum atomic E-state index is 12.6. The summed E-state index contributed by atoms with van der Waals surface area (Å²) in [5.74, 6) is -0.134. The summed E-state index contributed by atoms with van der Waals surface area (Å²) in [6, 6.07) is 0. The summed E-state index contributed by atoms with van der Waals surface area (Å²) in [5.41, 5.74) is 5.32. The molecular formula is C25H41N5O10. The summed E-state index contributed by atoms with van der Waals surface area (Å²) in [6.07, 6.45) is 5.53. The van der Waals surface area contributed by atoms with Crippen molar-refractivity contribution in [3.63, 3.8) is 0 Å². The average Bonchev–Trinajstić information content (AvgIpc) is 2.96. The molecule has 40 heavy (non-hydrogen) atoms.